The van der Waals surface area contributed by atoms with Crippen LogP contribution >= 0.6 is 0 Å². The molecule has 1 aromatic rings. The molecule has 0 fully saturated rings. The maximum atomic E-state index is 12.4. The minimum atomic E-state index is -4.81. The highest BCUT2D eigenvalue weighted by Gasteiger charge is 2.50. The summed E-state index contributed by atoms with van der Waals surface area (Å²) in [5.41, 5.74) is -1.92. The molecular weight excluding hydrogens is 233 g/mol. The van der Waals surface area contributed by atoms with Crippen LogP contribution in [0.15, 0.2) is 24.3 Å². The molecule has 1 N–H and O–H groups in total. The fourth-order valence-electron chi connectivity index (χ4n) is 1.25. The van der Waals surface area contributed by atoms with Gasteiger partial charge >= 0.3 is 6.18 Å². The Hall–Kier alpha value is -1.36. The van der Waals surface area contributed by atoms with Crippen molar-refractivity contribution in [2.45, 2.75) is 32.0 Å². The molecule has 1 aromatic carbocycles. The quantitative estimate of drug-likeness (QED) is 0.832. The van der Waals surface area contributed by atoms with Crippen LogP contribution in [-0.4, -0.2) is 22.7 Å². The van der Waals surface area contributed by atoms with Gasteiger partial charge in [0.2, 0.25) is 0 Å². The van der Waals surface area contributed by atoms with E-state index in [2.05, 4.69) is 0 Å². The average molecular weight is 246 g/mol. The minimum Gasteiger partial charge on any atom is -0.380 e. The molecule has 1 atom stereocenters. The van der Waals surface area contributed by atoms with Gasteiger partial charge in [-0.15, -0.1) is 0 Å². The lowest BCUT2D eigenvalue weighted by Crippen LogP contribution is -2.43. The Morgan fingerprint density at radius 3 is 2.12 bits per heavy atom. The number of rotatable bonds is 3. The van der Waals surface area contributed by atoms with Gasteiger partial charge in [0.05, 0.1) is 0 Å². The summed E-state index contributed by atoms with van der Waals surface area (Å²) in [5.74, 6) is -0.729. The zero-order valence-corrected chi connectivity index (χ0v) is 9.51. The average Bonchev–Trinajstić information content (AvgIpc) is 2.16. The molecule has 1 unspecified atom stereocenters. The monoisotopic (exact) mass is 246 g/mol. The summed E-state index contributed by atoms with van der Waals surface area (Å²) >= 11 is 0. The highest BCUT2D eigenvalue weighted by molar-refractivity contribution is 5.96. The van der Waals surface area contributed by atoms with Gasteiger partial charge in [0.1, 0.15) is 0 Å². The van der Waals surface area contributed by atoms with Crippen molar-refractivity contribution < 1.29 is 23.1 Å². The summed E-state index contributed by atoms with van der Waals surface area (Å²) in [6.07, 6.45) is -5.78. The standard InChI is InChI=1S/C12H13F3O2/c1-8-3-5-9(6-4-8)10(16)7-11(2,17)12(13,14)15/h3-6,17H,7H2,1-2H3. The molecule has 1 rings (SSSR count). The summed E-state index contributed by atoms with van der Waals surface area (Å²) in [6, 6.07) is 6.17. The Bertz CT molecular complexity index is 405. The summed E-state index contributed by atoms with van der Waals surface area (Å²) in [7, 11) is 0. The first-order valence-corrected chi connectivity index (χ1v) is 5.02. The van der Waals surface area contributed by atoms with Gasteiger partial charge < -0.3 is 5.11 Å². The van der Waals surface area contributed by atoms with E-state index in [4.69, 9.17) is 0 Å². The van der Waals surface area contributed by atoms with E-state index in [1.807, 2.05) is 0 Å². The number of aryl methyl sites for hydroxylation is 1. The van der Waals surface area contributed by atoms with E-state index >= 15 is 0 Å². The van der Waals surface area contributed by atoms with Crippen LogP contribution in [0.5, 0.6) is 0 Å². The second-order valence-electron chi connectivity index (χ2n) is 4.24. The Balaban J connectivity index is 2.83. The summed E-state index contributed by atoms with van der Waals surface area (Å²) in [4.78, 5) is 11.6. The van der Waals surface area contributed by atoms with Gasteiger partial charge in [-0.3, -0.25) is 4.79 Å². The predicted octanol–water partition coefficient (Wildman–Crippen LogP) is 2.88. The largest absolute Gasteiger partial charge is 0.417 e. The maximum absolute atomic E-state index is 12.4. The molecule has 2 nitrogen and oxygen atoms in total. The number of carbonyl (C=O) groups excluding carboxylic acids is 1. The number of benzene rings is 1. The van der Waals surface area contributed by atoms with Gasteiger partial charge in [0.25, 0.3) is 0 Å². The fraction of sp³-hybridized carbons (Fsp3) is 0.417. The Morgan fingerprint density at radius 1 is 1.24 bits per heavy atom. The molecule has 0 spiro atoms. The van der Waals surface area contributed by atoms with Crippen LogP contribution in [-0.2, 0) is 0 Å². The third-order valence-corrected chi connectivity index (χ3v) is 2.49. The molecular formula is C12H13F3O2. The zero-order valence-electron chi connectivity index (χ0n) is 9.51. The van der Waals surface area contributed by atoms with E-state index in [-0.39, 0.29) is 5.56 Å². The molecule has 94 valence electrons. The van der Waals surface area contributed by atoms with Gasteiger partial charge in [0, 0.05) is 12.0 Å². The third-order valence-electron chi connectivity index (χ3n) is 2.49. The van der Waals surface area contributed by atoms with E-state index in [0.717, 1.165) is 5.56 Å². The van der Waals surface area contributed by atoms with E-state index in [9.17, 15) is 23.1 Å². The smallest absolute Gasteiger partial charge is 0.380 e. The van der Waals surface area contributed by atoms with Gasteiger partial charge in [0.15, 0.2) is 11.4 Å². The van der Waals surface area contributed by atoms with Crippen molar-refractivity contribution in [1.82, 2.24) is 0 Å². The van der Waals surface area contributed by atoms with Crippen molar-refractivity contribution >= 4 is 5.78 Å². The molecule has 0 aliphatic carbocycles. The van der Waals surface area contributed by atoms with Crippen molar-refractivity contribution in [3.63, 3.8) is 0 Å². The number of halogens is 3. The number of carbonyl (C=O) groups is 1. The molecule has 0 saturated carbocycles. The first kappa shape index (κ1) is 13.7. The third kappa shape index (κ3) is 3.30. The molecule has 17 heavy (non-hydrogen) atoms. The lowest BCUT2D eigenvalue weighted by molar-refractivity contribution is -0.250. The van der Waals surface area contributed by atoms with E-state index in [1.54, 1.807) is 19.1 Å². The van der Waals surface area contributed by atoms with Crippen LogP contribution in [0.3, 0.4) is 0 Å². The summed E-state index contributed by atoms with van der Waals surface area (Å²) in [6.45, 7) is 2.40. The van der Waals surface area contributed by atoms with Crippen molar-refractivity contribution in [2.24, 2.45) is 0 Å². The van der Waals surface area contributed by atoms with Crippen LogP contribution in [0.4, 0.5) is 13.2 Å². The maximum Gasteiger partial charge on any atom is 0.417 e. The fourth-order valence-corrected chi connectivity index (χ4v) is 1.25. The number of hydrogen-bond donors (Lipinski definition) is 1. The summed E-state index contributed by atoms with van der Waals surface area (Å²) in [5, 5.41) is 9.19. The van der Waals surface area contributed by atoms with Crippen molar-refractivity contribution in [2.75, 3.05) is 0 Å². The van der Waals surface area contributed by atoms with E-state index in [1.165, 1.54) is 12.1 Å². The molecule has 0 saturated heterocycles. The Kier molecular flexibility index (Phi) is 3.62. The number of ketones is 1. The van der Waals surface area contributed by atoms with Crippen molar-refractivity contribution in [3.8, 4) is 0 Å². The first-order valence-electron chi connectivity index (χ1n) is 5.02. The number of Topliss-reactive ketones (excluding diaryl/α,β-unsaturated/α-hetero) is 1. The van der Waals surface area contributed by atoms with Gasteiger partial charge in [-0.1, -0.05) is 29.8 Å². The second kappa shape index (κ2) is 4.49. The summed E-state index contributed by atoms with van der Waals surface area (Å²) < 4.78 is 37.1. The van der Waals surface area contributed by atoms with E-state index in [0.29, 0.717) is 6.92 Å². The molecule has 5 heteroatoms. The van der Waals surface area contributed by atoms with Crippen molar-refractivity contribution in [1.29, 1.82) is 0 Å². The lowest BCUT2D eigenvalue weighted by atomic mass is 9.95. The topological polar surface area (TPSA) is 37.3 Å². The predicted molar refractivity (Wildman–Crippen MR) is 56.8 cm³/mol. The van der Waals surface area contributed by atoms with Crippen LogP contribution < -0.4 is 0 Å². The number of hydrogen-bond acceptors (Lipinski definition) is 2. The molecule has 0 heterocycles. The minimum absolute atomic E-state index is 0.167. The lowest BCUT2D eigenvalue weighted by Gasteiger charge is -2.25. The molecule has 0 aromatic heterocycles. The molecule has 0 aliphatic rings. The molecule has 0 aliphatic heterocycles. The first-order chi connectivity index (χ1) is 7.63. The van der Waals surface area contributed by atoms with Gasteiger partial charge in [-0.2, -0.15) is 13.2 Å². The second-order valence-corrected chi connectivity index (χ2v) is 4.24. The molecule has 0 amide bonds. The molecule has 0 bridgehead atoms. The highest BCUT2D eigenvalue weighted by Crippen LogP contribution is 2.33. The normalized spacial score (nSPS) is 15.4. The van der Waals surface area contributed by atoms with Gasteiger partial charge in [-0.05, 0) is 13.8 Å². The number of alkyl halides is 3. The Labute approximate surface area is 97.1 Å². The van der Waals surface area contributed by atoms with Crippen LogP contribution in [0.2, 0.25) is 0 Å². The van der Waals surface area contributed by atoms with Crippen LogP contribution in [0, 0.1) is 6.92 Å². The van der Waals surface area contributed by atoms with E-state index < -0.39 is 24.0 Å². The SMILES string of the molecule is Cc1ccc(C(=O)CC(C)(O)C(F)(F)F)cc1. The van der Waals surface area contributed by atoms with Crippen molar-refractivity contribution in [3.05, 3.63) is 35.4 Å². The Morgan fingerprint density at radius 2 is 1.71 bits per heavy atom. The van der Waals surface area contributed by atoms with Gasteiger partial charge in [-0.25, -0.2) is 0 Å². The van der Waals surface area contributed by atoms with Crippen LogP contribution in [0.25, 0.3) is 0 Å². The molecule has 0 radical (unpaired) electrons. The zero-order chi connectivity index (χ0) is 13.3. The highest BCUT2D eigenvalue weighted by atomic mass is 19.4. The number of aliphatic hydroxyl groups is 1. The van der Waals surface area contributed by atoms with Crippen LogP contribution in [0.1, 0.15) is 29.3 Å².